The number of rotatable bonds is 4. The molecule has 15 heavy (non-hydrogen) atoms. The lowest BCUT2D eigenvalue weighted by Gasteiger charge is -1.99. The van der Waals surface area contributed by atoms with Crippen LogP contribution in [0.1, 0.15) is 12.7 Å². The maximum absolute atomic E-state index is 12.3. The second-order valence-electron chi connectivity index (χ2n) is 2.32. The van der Waals surface area contributed by atoms with Gasteiger partial charge in [-0.05, 0) is 11.6 Å². The normalized spacial score (nSPS) is 13.7. The minimum atomic E-state index is -1.66. The second kappa shape index (κ2) is 4.99. The van der Waals surface area contributed by atoms with Gasteiger partial charge in [0.25, 0.3) is 11.6 Å². The number of carbonyl (C=O) groups excluding carboxylic acids is 1. The van der Waals surface area contributed by atoms with Gasteiger partial charge in [0.2, 0.25) is 11.5 Å². The standard InChI is InChI=1S/C6H6ClFN4O2S/c1-2(8)14-11-3(4(7)13)5-10-6(9)15-12-5/h2H,1H3,(H2,9,10,12)/b11-3-. The van der Waals surface area contributed by atoms with Gasteiger partial charge in [-0.1, -0.05) is 5.16 Å². The van der Waals surface area contributed by atoms with Crippen LogP contribution in [0.3, 0.4) is 0 Å². The summed E-state index contributed by atoms with van der Waals surface area (Å²) in [6, 6.07) is 0. The van der Waals surface area contributed by atoms with Crippen LogP contribution in [-0.4, -0.2) is 26.7 Å². The number of halogens is 2. The van der Waals surface area contributed by atoms with Gasteiger partial charge >= 0.3 is 0 Å². The molecule has 0 aliphatic rings. The summed E-state index contributed by atoms with van der Waals surface area (Å²) in [5.74, 6) is -0.0850. The van der Waals surface area contributed by atoms with Crippen LogP contribution in [0.5, 0.6) is 0 Å². The Labute approximate surface area is 93.0 Å². The first-order chi connectivity index (χ1) is 7.00. The predicted molar refractivity (Wildman–Crippen MR) is 53.4 cm³/mol. The number of hydrogen-bond donors (Lipinski definition) is 1. The first-order valence-electron chi connectivity index (χ1n) is 3.68. The molecule has 0 radical (unpaired) electrons. The lowest BCUT2D eigenvalue weighted by Crippen LogP contribution is -2.13. The number of aromatic nitrogens is 2. The maximum atomic E-state index is 12.3. The highest BCUT2D eigenvalue weighted by Crippen LogP contribution is 2.09. The Morgan fingerprint density at radius 1 is 1.80 bits per heavy atom. The third-order valence-electron chi connectivity index (χ3n) is 1.13. The van der Waals surface area contributed by atoms with E-state index in [4.69, 9.17) is 17.3 Å². The molecule has 0 bridgehead atoms. The summed E-state index contributed by atoms with van der Waals surface area (Å²) in [4.78, 5) is 18.8. The Bertz CT molecular complexity index is 394. The SMILES string of the molecule is CC(F)O/N=C(/C(=O)Cl)c1nsc(N)n1. The molecule has 1 atom stereocenters. The summed E-state index contributed by atoms with van der Waals surface area (Å²) in [5.41, 5.74) is 4.91. The summed E-state index contributed by atoms with van der Waals surface area (Å²) < 4.78 is 16.0. The van der Waals surface area contributed by atoms with Crippen LogP contribution in [-0.2, 0) is 9.63 Å². The molecule has 0 amide bonds. The van der Waals surface area contributed by atoms with Crippen molar-refractivity contribution in [3.8, 4) is 0 Å². The fourth-order valence-corrected chi connectivity index (χ4v) is 1.17. The van der Waals surface area contributed by atoms with Crippen molar-refractivity contribution in [2.75, 3.05) is 5.73 Å². The number of nitrogens with zero attached hydrogens (tertiary/aromatic N) is 3. The molecule has 0 saturated carbocycles. The van der Waals surface area contributed by atoms with E-state index in [1.54, 1.807) is 0 Å². The summed E-state index contributed by atoms with van der Waals surface area (Å²) in [7, 11) is 0. The molecule has 1 aromatic heterocycles. The van der Waals surface area contributed by atoms with Gasteiger partial charge in [0.05, 0.1) is 0 Å². The van der Waals surface area contributed by atoms with Crippen LogP contribution in [0.15, 0.2) is 5.16 Å². The largest absolute Gasteiger partial charge is 0.374 e. The number of hydrogen-bond acceptors (Lipinski definition) is 7. The molecule has 0 aliphatic carbocycles. The summed E-state index contributed by atoms with van der Waals surface area (Å²) in [6.45, 7) is 1.10. The first-order valence-corrected chi connectivity index (χ1v) is 4.83. The number of oxime groups is 1. The zero-order valence-corrected chi connectivity index (χ0v) is 9.05. The molecular formula is C6H6ClFN4O2S. The van der Waals surface area contributed by atoms with Gasteiger partial charge in [0, 0.05) is 18.5 Å². The van der Waals surface area contributed by atoms with Crippen molar-refractivity contribution < 1.29 is 14.0 Å². The van der Waals surface area contributed by atoms with Gasteiger partial charge in [0.1, 0.15) is 0 Å². The predicted octanol–water partition coefficient (Wildman–Crippen LogP) is 0.922. The quantitative estimate of drug-likeness (QED) is 0.489. The lowest BCUT2D eigenvalue weighted by molar-refractivity contribution is -0.106. The van der Waals surface area contributed by atoms with E-state index in [1.807, 2.05) is 0 Å². The molecule has 1 heterocycles. The first kappa shape index (κ1) is 11.8. The Morgan fingerprint density at radius 2 is 2.47 bits per heavy atom. The van der Waals surface area contributed by atoms with Crippen molar-refractivity contribution >= 4 is 39.2 Å². The third kappa shape index (κ3) is 3.40. The molecule has 2 N–H and O–H groups in total. The van der Waals surface area contributed by atoms with Crippen molar-refractivity contribution in [2.24, 2.45) is 5.16 Å². The van der Waals surface area contributed by atoms with E-state index in [0.29, 0.717) is 0 Å². The third-order valence-corrected chi connectivity index (χ3v) is 1.85. The highest BCUT2D eigenvalue weighted by Gasteiger charge is 2.18. The molecule has 0 aromatic carbocycles. The van der Waals surface area contributed by atoms with E-state index >= 15 is 0 Å². The van der Waals surface area contributed by atoms with Crippen LogP contribution >= 0.6 is 23.1 Å². The van der Waals surface area contributed by atoms with Gasteiger partial charge in [-0.2, -0.15) is 13.7 Å². The molecule has 1 unspecified atom stereocenters. The van der Waals surface area contributed by atoms with Gasteiger partial charge in [-0.15, -0.1) is 0 Å². The summed E-state index contributed by atoms with van der Waals surface area (Å²) in [5, 5.41) is 2.38. The molecule has 0 saturated heterocycles. The summed E-state index contributed by atoms with van der Waals surface area (Å²) in [6.07, 6.45) is -1.66. The van der Waals surface area contributed by atoms with E-state index in [2.05, 4.69) is 19.4 Å². The topological polar surface area (TPSA) is 90.5 Å². The Kier molecular flexibility index (Phi) is 3.92. The van der Waals surface area contributed by atoms with Crippen LogP contribution in [0, 0.1) is 0 Å². The molecule has 0 spiro atoms. The van der Waals surface area contributed by atoms with Gasteiger partial charge in [-0.3, -0.25) is 4.79 Å². The maximum Gasteiger partial charge on any atom is 0.278 e. The average Bonchev–Trinajstić information content (AvgIpc) is 2.51. The van der Waals surface area contributed by atoms with Crippen LogP contribution in [0.25, 0.3) is 0 Å². The molecule has 9 heteroatoms. The van der Waals surface area contributed by atoms with Crippen molar-refractivity contribution in [3.05, 3.63) is 5.82 Å². The average molecular weight is 253 g/mol. The minimum Gasteiger partial charge on any atom is -0.374 e. The fourth-order valence-electron chi connectivity index (χ4n) is 0.621. The molecule has 1 rings (SSSR count). The molecule has 6 nitrogen and oxygen atoms in total. The lowest BCUT2D eigenvalue weighted by atomic mass is 10.4. The van der Waals surface area contributed by atoms with E-state index in [1.165, 1.54) is 0 Å². The monoisotopic (exact) mass is 252 g/mol. The zero-order chi connectivity index (χ0) is 11.4. The molecule has 0 aliphatic heterocycles. The van der Waals surface area contributed by atoms with E-state index in [9.17, 15) is 9.18 Å². The minimum absolute atomic E-state index is 0.0850. The van der Waals surface area contributed by atoms with Crippen LogP contribution in [0.2, 0.25) is 0 Å². The van der Waals surface area contributed by atoms with E-state index in [-0.39, 0.29) is 16.7 Å². The number of nitrogen functional groups attached to an aromatic ring is 1. The number of nitrogens with two attached hydrogens (primary N) is 1. The van der Waals surface area contributed by atoms with Crippen molar-refractivity contribution in [1.82, 2.24) is 9.36 Å². The number of carbonyl (C=O) groups is 1. The van der Waals surface area contributed by atoms with Gasteiger partial charge < -0.3 is 10.6 Å². The summed E-state index contributed by atoms with van der Waals surface area (Å²) >= 11 is 6.04. The molecular weight excluding hydrogens is 247 g/mol. The number of alkyl halides is 1. The Hall–Kier alpha value is -1.28. The van der Waals surface area contributed by atoms with Crippen molar-refractivity contribution in [3.63, 3.8) is 0 Å². The van der Waals surface area contributed by atoms with E-state index in [0.717, 1.165) is 18.5 Å². The van der Waals surface area contributed by atoms with E-state index < -0.39 is 11.6 Å². The highest BCUT2D eigenvalue weighted by atomic mass is 35.5. The van der Waals surface area contributed by atoms with Crippen molar-refractivity contribution in [1.29, 1.82) is 0 Å². The fraction of sp³-hybridized carbons (Fsp3) is 0.333. The van der Waals surface area contributed by atoms with Gasteiger partial charge in [-0.25, -0.2) is 0 Å². The van der Waals surface area contributed by atoms with Crippen LogP contribution < -0.4 is 5.73 Å². The molecule has 82 valence electrons. The zero-order valence-electron chi connectivity index (χ0n) is 7.48. The Morgan fingerprint density at radius 3 is 2.87 bits per heavy atom. The number of anilines is 1. The molecule has 1 aromatic rings. The molecule has 0 fully saturated rings. The smallest absolute Gasteiger partial charge is 0.278 e. The van der Waals surface area contributed by atoms with Crippen molar-refractivity contribution in [2.45, 2.75) is 13.3 Å². The van der Waals surface area contributed by atoms with Crippen LogP contribution in [0.4, 0.5) is 9.52 Å². The van der Waals surface area contributed by atoms with Gasteiger partial charge in [0.15, 0.2) is 5.13 Å². The highest BCUT2D eigenvalue weighted by molar-refractivity contribution is 7.09. The Balaban J connectivity index is 2.93. The second-order valence-corrected chi connectivity index (χ2v) is 3.44.